The molecule has 0 aliphatic rings. The van der Waals surface area contributed by atoms with Crippen molar-refractivity contribution in [2.45, 2.75) is 20.4 Å². The van der Waals surface area contributed by atoms with Crippen LogP contribution >= 0.6 is 0 Å². The summed E-state index contributed by atoms with van der Waals surface area (Å²) in [6.45, 7) is 4.00. The van der Waals surface area contributed by atoms with E-state index < -0.39 is 0 Å². The van der Waals surface area contributed by atoms with Gasteiger partial charge in [-0.15, -0.1) is 10.2 Å². The van der Waals surface area contributed by atoms with Gasteiger partial charge in [-0.1, -0.05) is 68.4 Å². The molecule has 0 saturated carbocycles. The number of hydrogen-bond acceptors (Lipinski definition) is 4. The quantitative estimate of drug-likeness (QED) is 0.616. The molecule has 0 saturated heterocycles. The first-order valence-corrected chi connectivity index (χ1v) is 8.61. The van der Waals surface area contributed by atoms with Crippen LogP contribution in [0.25, 0.3) is 27.7 Å². The van der Waals surface area contributed by atoms with Crippen LogP contribution in [0.2, 0.25) is 0 Å². The van der Waals surface area contributed by atoms with Crippen molar-refractivity contribution in [1.29, 1.82) is 0 Å². The molecule has 0 aliphatic heterocycles. The minimum atomic E-state index is -0.0807. The van der Waals surface area contributed by atoms with Crippen LogP contribution in [0, 0.1) is 5.92 Å². The fraction of sp³-hybridized carbons (Fsp3) is 0.200. The van der Waals surface area contributed by atoms with Crippen LogP contribution in [0.3, 0.4) is 0 Å². The lowest BCUT2D eigenvalue weighted by atomic mass is 10.1. The molecule has 26 heavy (non-hydrogen) atoms. The highest BCUT2D eigenvalue weighted by Crippen LogP contribution is 2.28. The zero-order valence-corrected chi connectivity index (χ0v) is 14.7. The van der Waals surface area contributed by atoms with E-state index in [0.29, 0.717) is 11.5 Å². The summed E-state index contributed by atoms with van der Waals surface area (Å²) >= 11 is 0. The van der Waals surface area contributed by atoms with Crippen LogP contribution in [-0.4, -0.2) is 25.7 Å². The Hall–Kier alpha value is -3.28. The summed E-state index contributed by atoms with van der Waals surface area (Å²) < 4.78 is 1.73. The van der Waals surface area contributed by atoms with Crippen LogP contribution in [0.15, 0.2) is 54.6 Å². The van der Waals surface area contributed by atoms with Crippen molar-refractivity contribution >= 4 is 22.3 Å². The van der Waals surface area contributed by atoms with Crippen molar-refractivity contribution < 1.29 is 4.79 Å². The number of hydrogen-bond donors (Lipinski definition) is 1. The summed E-state index contributed by atoms with van der Waals surface area (Å²) in [5.41, 5.74) is 2.58. The number of nitrogens with zero attached hydrogens (tertiary/aromatic N) is 4. The highest BCUT2D eigenvalue weighted by Gasteiger charge is 2.16. The molecule has 0 atom stereocenters. The highest BCUT2D eigenvalue weighted by atomic mass is 16.1. The molecule has 0 fully saturated rings. The van der Waals surface area contributed by atoms with Crippen molar-refractivity contribution in [3.63, 3.8) is 0 Å². The summed E-state index contributed by atoms with van der Waals surface area (Å²) in [6, 6.07) is 18.1. The molecule has 1 N–H and O–H groups in total. The van der Waals surface area contributed by atoms with Crippen molar-refractivity contribution in [3.05, 3.63) is 60.4 Å². The van der Waals surface area contributed by atoms with Gasteiger partial charge in [0.25, 0.3) is 0 Å². The summed E-state index contributed by atoms with van der Waals surface area (Å²) in [6.07, 6.45) is 0. The van der Waals surface area contributed by atoms with E-state index in [1.165, 1.54) is 0 Å². The number of nitrogens with one attached hydrogen (secondary N) is 1. The number of carbonyl (C=O) groups excluding carboxylic acids is 1. The van der Waals surface area contributed by atoms with Crippen LogP contribution < -0.4 is 5.32 Å². The number of aromatic nitrogens is 4. The molecular weight excluding hydrogens is 326 g/mol. The fourth-order valence-electron chi connectivity index (χ4n) is 2.91. The summed E-state index contributed by atoms with van der Waals surface area (Å²) in [5, 5.41) is 18.2. The standard InChI is InChI=1S/C20H19N5O/c1-13(2)20(26)21-12-17-22-23-19-16-11-7-6-10-15(16)18(24-25(17)19)14-8-4-3-5-9-14/h3-11,13H,12H2,1-2H3,(H,21,26). The van der Waals surface area contributed by atoms with E-state index >= 15 is 0 Å². The van der Waals surface area contributed by atoms with Gasteiger partial charge in [0.15, 0.2) is 11.5 Å². The molecule has 4 aromatic rings. The second-order valence-electron chi connectivity index (χ2n) is 6.48. The van der Waals surface area contributed by atoms with Gasteiger partial charge in [0.05, 0.1) is 12.2 Å². The Balaban J connectivity index is 1.88. The monoisotopic (exact) mass is 345 g/mol. The molecule has 2 heterocycles. The van der Waals surface area contributed by atoms with Gasteiger partial charge in [0, 0.05) is 22.3 Å². The molecular formula is C20H19N5O. The molecule has 6 heteroatoms. The topological polar surface area (TPSA) is 72.2 Å². The minimum Gasteiger partial charge on any atom is -0.349 e. The first-order valence-electron chi connectivity index (χ1n) is 8.61. The number of carbonyl (C=O) groups is 1. The SMILES string of the molecule is CC(C)C(=O)NCc1nnc2c3ccccc3c(-c3ccccc3)nn12. The lowest BCUT2D eigenvalue weighted by molar-refractivity contribution is -0.124. The zero-order valence-electron chi connectivity index (χ0n) is 14.7. The highest BCUT2D eigenvalue weighted by molar-refractivity contribution is 6.01. The second-order valence-corrected chi connectivity index (χ2v) is 6.48. The maximum absolute atomic E-state index is 11.9. The normalized spacial score (nSPS) is 11.3. The van der Waals surface area contributed by atoms with Gasteiger partial charge in [0.1, 0.15) is 0 Å². The third-order valence-corrected chi connectivity index (χ3v) is 4.32. The van der Waals surface area contributed by atoms with Crippen LogP contribution in [0.1, 0.15) is 19.7 Å². The second kappa shape index (κ2) is 6.55. The first kappa shape index (κ1) is 16.2. The average Bonchev–Trinajstić information content (AvgIpc) is 3.09. The number of rotatable bonds is 4. The van der Waals surface area contributed by atoms with Gasteiger partial charge in [-0.25, -0.2) is 0 Å². The van der Waals surface area contributed by atoms with E-state index in [1.54, 1.807) is 4.52 Å². The van der Waals surface area contributed by atoms with Crippen LogP contribution in [-0.2, 0) is 11.3 Å². The van der Waals surface area contributed by atoms with E-state index in [4.69, 9.17) is 5.10 Å². The lowest BCUT2D eigenvalue weighted by Crippen LogP contribution is -2.28. The van der Waals surface area contributed by atoms with Gasteiger partial charge in [-0.05, 0) is 0 Å². The number of fused-ring (bicyclic) bond motifs is 3. The third kappa shape index (κ3) is 2.79. The summed E-state index contributed by atoms with van der Waals surface area (Å²) in [4.78, 5) is 11.9. The number of benzene rings is 2. The van der Waals surface area contributed by atoms with Crippen molar-refractivity contribution in [3.8, 4) is 11.3 Å². The predicted octanol–water partition coefficient (Wildman–Crippen LogP) is 3.22. The van der Waals surface area contributed by atoms with Gasteiger partial charge < -0.3 is 5.32 Å². The summed E-state index contributed by atoms with van der Waals surface area (Å²) in [5.74, 6) is 0.505. The third-order valence-electron chi connectivity index (χ3n) is 4.32. The first-order chi connectivity index (χ1) is 12.6. The predicted molar refractivity (Wildman–Crippen MR) is 100 cm³/mol. The Kier molecular flexibility index (Phi) is 4.08. The minimum absolute atomic E-state index is 0.0224. The van der Waals surface area contributed by atoms with E-state index in [0.717, 1.165) is 22.0 Å². The molecule has 0 aliphatic carbocycles. The molecule has 0 unspecified atom stereocenters. The molecule has 6 nitrogen and oxygen atoms in total. The Morgan fingerprint density at radius 1 is 1.00 bits per heavy atom. The van der Waals surface area contributed by atoms with Crippen LogP contribution in [0.4, 0.5) is 0 Å². The van der Waals surface area contributed by atoms with Gasteiger partial charge in [0.2, 0.25) is 5.91 Å². The van der Waals surface area contributed by atoms with Crippen LogP contribution in [0.5, 0.6) is 0 Å². The molecule has 4 rings (SSSR count). The Bertz CT molecular complexity index is 1090. The smallest absolute Gasteiger partial charge is 0.222 e. The largest absolute Gasteiger partial charge is 0.349 e. The van der Waals surface area contributed by atoms with E-state index in [-0.39, 0.29) is 18.4 Å². The molecule has 1 amide bonds. The average molecular weight is 345 g/mol. The molecule has 130 valence electrons. The van der Waals surface area contributed by atoms with Crippen molar-refractivity contribution in [2.75, 3.05) is 0 Å². The van der Waals surface area contributed by atoms with E-state index in [9.17, 15) is 4.79 Å². The molecule has 2 aromatic carbocycles. The number of amides is 1. The van der Waals surface area contributed by atoms with Crippen molar-refractivity contribution in [1.82, 2.24) is 25.1 Å². The molecule has 0 radical (unpaired) electrons. The van der Waals surface area contributed by atoms with Gasteiger partial charge >= 0.3 is 0 Å². The van der Waals surface area contributed by atoms with Crippen molar-refractivity contribution in [2.24, 2.45) is 5.92 Å². The fourth-order valence-corrected chi connectivity index (χ4v) is 2.91. The maximum atomic E-state index is 11.9. The Morgan fingerprint density at radius 3 is 2.42 bits per heavy atom. The van der Waals surface area contributed by atoms with E-state index in [1.807, 2.05) is 68.4 Å². The molecule has 0 bridgehead atoms. The van der Waals surface area contributed by atoms with Gasteiger partial charge in [-0.2, -0.15) is 9.61 Å². The molecule has 2 aromatic heterocycles. The zero-order chi connectivity index (χ0) is 18.1. The van der Waals surface area contributed by atoms with Gasteiger partial charge in [-0.3, -0.25) is 4.79 Å². The maximum Gasteiger partial charge on any atom is 0.222 e. The Labute approximate surface area is 150 Å². The Morgan fingerprint density at radius 2 is 1.69 bits per heavy atom. The van der Waals surface area contributed by atoms with E-state index in [2.05, 4.69) is 15.5 Å². The molecule has 0 spiro atoms. The lowest BCUT2D eigenvalue weighted by Gasteiger charge is -2.09. The summed E-state index contributed by atoms with van der Waals surface area (Å²) in [7, 11) is 0.